The highest BCUT2D eigenvalue weighted by atomic mass is 32.2. The molecule has 0 radical (unpaired) electrons. The minimum Gasteiger partial charge on any atom is -0.488 e. The van der Waals surface area contributed by atoms with Crippen LogP contribution in [0, 0.1) is 23.7 Å². The molecule has 6 rings (SSSR count). The molecule has 1 saturated heterocycles. The molecule has 3 saturated carbocycles. The van der Waals surface area contributed by atoms with E-state index >= 15 is 0 Å². The van der Waals surface area contributed by atoms with E-state index < -0.39 is 41.0 Å². The number of ether oxygens (including phenoxy) is 2. The van der Waals surface area contributed by atoms with Gasteiger partial charge >= 0.3 is 0 Å². The largest absolute Gasteiger partial charge is 0.488 e. The van der Waals surface area contributed by atoms with Crippen molar-refractivity contribution in [1.29, 1.82) is 0 Å². The lowest BCUT2D eigenvalue weighted by Crippen LogP contribution is -2.54. The molecule has 2 aromatic rings. The molecule has 4 N–H and O–H groups in total. The lowest BCUT2D eigenvalue weighted by Gasteiger charge is -2.28. The predicted molar refractivity (Wildman–Crippen MR) is 179 cm³/mol. The minimum atomic E-state index is -1.33. The molecule has 0 spiro atoms. The Morgan fingerprint density at radius 1 is 1.20 bits per heavy atom. The smallest absolute Gasteiger partial charge is 0.272 e. The van der Waals surface area contributed by atoms with E-state index in [9.17, 15) is 23.4 Å². The SMILES string of the molecule is CCOc1cc(O[C@@H]2CC(C(N)=O)N(C(=O)[C@@H](NC(=O)c3ccn(C)n3)C3CC3CC/C=C\C3CC3C(=O)NS(=O)C3(C)CC3)C2)ccn1. The van der Waals surface area contributed by atoms with Crippen molar-refractivity contribution < 1.29 is 32.9 Å². The fourth-order valence-electron chi connectivity index (χ4n) is 6.53. The molecule has 264 valence electrons. The van der Waals surface area contributed by atoms with Gasteiger partial charge in [-0.3, -0.25) is 28.6 Å². The van der Waals surface area contributed by atoms with Crippen LogP contribution >= 0.6 is 0 Å². The number of primary amides is 1. The number of carbonyl (C=O) groups is 4. The van der Waals surface area contributed by atoms with Crippen molar-refractivity contribution in [3.8, 4) is 11.6 Å². The maximum atomic E-state index is 14.2. The van der Waals surface area contributed by atoms with Gasteiger partial charge in [-0.25, -0.2) is 9.19 Å². The van der Waals surface area contributed by atoms with Crippen molar-refractivity contribution in [2.75, 3.05) is 13.2 Å². The van der Waals surface area contributed by atoms with Crippen molar-refractivity contribution in [1.82, 2.24) is 29.7 Å². The summed E-state index contributed by atoms with van der Waals surface area (Å²) >= 11 is 0. The average Bonchev–Trinajstić information content (AvgIpc) is 4.02. The Labute approximate surface area is 288 Å². The van der Waals surface area contributed by atoms with E-state index in [2.05, 4.69) is 32.3 Å². The van der Waals surface area contributed by atoms with Crippen LogP contribution in [-0.2, 0) is 32.4 Å². The monoisotopic (exact) mass is 695 g/mol. The van der Waals surface area contributed by atoms with Gasteiger partial charge in [0.2, 0.25) is 23.6 Å². The molecule has 0 aromatic carbocycles. The third-order valence-electron chi connectivity index (χ3n) is 9.94. The maximum absolute atomic E-state index is 14.2. The molecule has 3 aliphatic carbocycles. The van der Waals surface area contributed by atoms with Gasteiger partial charge in [-0.1, -0.05) is 12.2 Å². The molecular formula is C34H45N7O7S. The number of aromatic nitrogens is 3. The number of rotatable bonds is 16. The molecule has 14 nitrogen and oxygen atoms in total. The fourth-order valence-corrected chi connectivity index (χ4v) is 7.59. The first-order valence-corrected chi connectivity index (χ1v) is 18.2. The number of hydrogen-bond donors (Lipinski definition) is 3. The van der Waals surface area contributed by atoms with Gasteiger partial charge in [0.1, 0.15) is 40.6 Å². The Hall–Kier alpha value is -4.27. The number of pyridine rings is 1. The quantitative estimate of drug-likeness (QED) is 0.220. The van der Waals surface area contributed by atoms with Crippen LogP contribution in [0.1, 0.15) is 69.3 Å². The van der Waals surface area contributed by atoms with E-state index in [0.717, 1.165) is 38.5 Å². The van der Waals surface area contributed by atoms with Crippen molar-refractivity contribution in [2.24, 2.45) is 36.5 Å². The molecule has 4 aliphatic rings. The second-order valence-electron chi connectivity index (χ2n) is 13.8. The predicted octanol–water partition coefficient (Wildman–Crippen LogP) is 1.79. The first-order valence-electron chi connectivity index (χ1n) is 17.0. The van der Waals surface area contributed by atoms with E-state index in [1.54, 1.807) is 37.6 Å². The van der Waals surface area contributed by atoms with Crippen LogP contribution in [0.15, 0.2) is 42.7 Å². The van der Waals surface area contributed by atoms with Gasteiger partial charge in [0.15, 0.2) is 0 Å². The van der Waals surface area contributed by atoms with Crippen molar-refractivity contribution in [3.05, 3.63) is 48.4 Å². The summed E-state index contributed by atoms with van der Waals surface area (Å²) in [6.45, 7) is 4.35. The number of nitrogens with two attached hydrogens (primary N) is 1. The number of carbonyl (C=O) groups excluding carboxylic acids is 4. The highest BCUT2D eigenvalue weighted by Gasteiger charge is 2.51. The Balaban J connectivity index is 1.07. The van der Waals surface area contributed by atoms with E-state index in [0.29, 0.717) is 18.2 Å². The van der Waals surface area contributed by atoms with E-state index in [-0.39, 0.29) is 58.9 Å². The van der Waals surface area contributed by atoms with Crippen LogP contribution < -0.4 is 25.2 Å². The Bertz CT molecular complexity index is 1640. The summed E-state index contributed by atoms with van der Waals surface area (Å²) in [5.74, 6) is -0.688. The van der Waals surface area contributed by atoms with Crippen molar-refractivity contribution in [2.45, 2.75) is 81.7 Å². The molecule has 4 amide bonds. The zero-order chi connectivity index (χ0) is 34.9. The normalized spacial score (nSPS) is 27.6. The Kier molecular flexibility index (Phi) is 10.1. The number of amides is 4. The summed E-state index contributed by atoms with van der Waals surface area (Å²) in [5.41, 5.74) is 5.97. The number of hydrogen-bond acceptors (Lipinski definition) is 9. The van der Waals surface area contributed by atoms with Crippen LogP contribution in [-0.4, -0.2) is 83.6 Å². The van der Waals surface area contributed by atoms with Crippen LogP contribution in [0.25, 0.3) is 0 Å². The summed E-state index contributed by atoms with van der Waals surface area (Å²) in [6, 6.07) is 3.15. The van der Waals surface area contributed by atoms with Gasteiger partial charge in [-0.2, -0.15) is 5.10 Å². The highest BCUT2D eigenvalue weighted by Crippen LogP contribution is 2.46. The molecule has 3 heterocycles. The molecule has 6 unspecified atom stereocenters. The summed E-state index contributed by atoms with van der Waals surface area (Å²) in [5, 5.41) is 7.11. The Morgan fingerprint density at radius 2 is 2.00 bits per heavy atom. The van der Waals surface area contributed by atoms with Crippen molar-refractivity contribution >= 4 is 34.6 Å². The number of nitrogens with zero attached hydrogens (tertiary/aromatic N) is 4. The van der Waals surface area contributed by atoms with Gasteiger partial charge in [0, 0.05) is 37.8 Å². The minimum absolute atomic E-state index is 0.123. The highest BCUT2D eigenvalue weighted by molar-refractivity contribution is 7.85. The lowest BCUT2D eigenvalue weighted by molar-refractivity contribution is -0.139. The zero-order valence-electron chi connectivity index (χ0n) is 28.1. The summed E-state index contributed by atoms with van der Waals surface area (Å²) in [4.78, 5) is 58.1. The molecule has 49 heavy (non-hydrogen) atoms. The van der Waals surface area contributed by atoms with Crippen LogP contribution in [0.4, 0.5) is 0 Å². The molecule has 1 aliphatic heterocycles. The topological polar surface area (TPSA) is 188 Å². The summed E-state index contributed by atoms with van der Waals surface area (Å²) < 4.78 is 27.8. The van der Waals surface area contributed by atoms with Gasteiger partial charge < -0.3 is 25.4 Å². The van der Waals surface area contributed by atoms with E-state index in [1.165, 1.54) is 9.58 Å². The van der Waals surface area contributed by atoms with E-state index in [1.807, 2.05) is 13.8 Å². The molecule has 4 fully saturated rings. The summed E-state index contributed by atoms with van der Waals surface area (Å²) in [7, 11) is 0.372. The van der Waals surface area contributed by atoms with Crippen molar-refractivity contribution in [3.63, 3.8) is 0 Å². The maximum Gasteiger partial charge on any atom is 0.272 e. The number of allylic oxidation sites excluding steroid dienone is 2. The van der Waals surface area contributed by atoms with Gasteiger partial charge in [0.25, 0.3) is 5.91 Å². The standard InChI is InChI=1S/C34H45N7O7S/c1-4-47-28-18-22(9-13-36-28)48-23-17-27(30(35)42)41(19-23)33(45)29(37-32(44)26-10-14-40(3)38-26)24-15-20(24)7-5-6-8-21-16-25(21)31(43)39-49(46)34(2)11-12-34/h6,8-10,13-14,18,20-21,23-25,27,29H,4-5,7,11-12,15-17,19H2,1-3H3,(H2,35,42)(H,37,44)(H,39,43)/b8-6-/t20?,21?,23-,24?,25?,27?,29+,49?/m1/s1. The van der Waals surface area contributed by atoms with Crippen LogP contribution in [0.5, 0.6) is 11.6 Å². The number of aryl methyl sites for hydroxylation is 1. The van der Waals surface area contributed by atoms with Gasteiger partial charge in [-0.15, -0.1) is 0 Å². The lowest BCUT2D eigenvalue weighted by atomic mass is 10.0. The molecule has 15 heteroatoms. The first kappa shape index (κ1) is 34.6. The third kappa shape index (κ3) is 8.31. The Morgan fingerprint density at radius 3 is 2.69 bits per heavy atom. The molecular weight excluding hydrogens is 650 g/mol. The summed E-state index contributed by atoms with van der Waals surface area (Å²) in [6.07, 6.45) is 11.8. The number of nitrogens with one attached hydrogen (secondary N) is 2. The van der Waals surface area contributed by atoms with Gasteiger partial charge in [-0.05, 0) is 82.3 Å². The third-order valence-corrected chi connectivity index (χ3v) is 11.6. The fraction of sp³-hybridized carbons (Fsp3) is 0.588. The zero-order valence-corrected chi connectivity index (χ0v) is 28.9. The number of likely N-dealkylation sites (tertiary alicyclic amines) is 1. The molecule has 0 bridgehead atoms. The van der Waals surface area contributed by atoms with Crippen LogP contribution in [0.3, 0.4) is 0 Å². The second-order valence-corrected chi connectivity index (χ2v) is 15.6. The first-order chi connectivity index (χ1) is 23.5. The average molecular weight is 696 g/mol. The molecule has 2 aromatic heterocycles. The van der Waals surface area contributed by atoms with Gasteiger partial charge in [0.05, 0.1) is 17.9 Å². The van der Waals surface area contributed by atoms with E-state index in [4.69, 9.17) is 15.2 Å². The molecule has 8 atom stereocenters. The van der Waals surface area contributed by atoms with Crippen LogP contribution in [0.2, 0.25) is 0 Å². The second kappa shape index (κ2) is 14.3.